The van der Waals surface area contributed by atoms with Crippen molar-refractivity contribution in [3.63, 3.8) is 0 Å². The second kappa shape index (κ2) is 5.79. The van der Waals surface area contributed by atoms with Gasteiger partial charge in [0.15, 0.2) is 0 Å². The second-order valence-electron chi connectivity index (χ2n) is 3.55. The molecule has 0 bridgehead atoms. The highest BCUT2D eigenvalue weighted by molar-refractivity contribution is 7.89. The average Bonchev–Trinajstić information content (AvgIpc) is 2.30. The third kappa shape index (κ3) is 4.16. The minimum atomic E-state index is -3.37. The van der Waals surface area contributed by atoms with Gasteiger partial charge >= 0.3 is 5.97 Å². The van der Waals surface area contributed by atoms with Crippen LogP contribution in [-0.2, 0) is 14.8 Å². The molecular formula is C11H15NO4S. The molecule has 2 N–H and O–H groups in total. The lowest BCUT2D eigenvalue weighted by molar-refractivity contribution is -0.138. The lowest BCUT2D eigenvalue weighted by atomic mass is 10.00. The van der Waals surface area contributed by atoms with E-state index in [-0.39, 0.29) is 12.3 Å². The van der Waals surface area contributed by atoms with Gasteiger partial charge in [0, 0.05) is 6.54 Å². The third-order valence-corrected chi connectivity index (χ3v) is 3.75. The number of sulfonamides is 1. The Labute approximate surface area is 101 Å². The molecule has 1 unspecified atom stereocenters. The zero-order valence-corrected chi connectivity index (χ0v) is 10.3. The molecule has 1 aromatic rings. The predicted molar refractivity (Wildman–Crippen MR) is 64.3 cm³/mol. The number of carbonyl (C=O) groups is 1. The van der Waals surface area contributed by atoms with Crippen LogP contribution in [0.5, 0.6) is 0 Å². The Morgan fingerprint density at radius 2 is 1.94 bits per heavy atom. The minimum absolute atomic E-state index is 0.0614. The van der Waals surface area contributed by atoms with Crippen LogP contribution in [0.25, 0.3) is 0 Å². The second-order valence-corrected chi connectivity index (χ2v) is 5.65. The summed E-state index contributed by atoms with van der Waals surface area (Å²) in [6.07, 6.45) is 0. The fraction of sp³-hybridized carbons (Fsp3) is 0.364. The van der Waals surface area contributed by atoms with Gasteiger partial charge < -0.3 is 5.11 Å². The number of carboxylic acid groups (broad SMARTS) is 1. The first-order chi connectivity index (χ1) is 7.96. The largest absolute Gasteiger partial charge is 0.481 e. The summed E-state index contributed by atoms with van der Waals surface area (Å²) >= 11 is 0. The molecule has 6 heteroatoms. The van der Waals surface area contributed by atoms with Crippen LogP contribution in [0.3, 0.4) is 0 Å². The molecule has 5 nitrogen and oxygen atoms in total. The summed E-state index contributed by atoms with van der Waals surface area (Å²) < 4.78 is 24.8. The number of nitrogens with one attached hydrogen (secondary N) is 1. The van der Waals surface area contributed by atoms with Gasteiger partial charge in [-0.25, -0.2) is 13.1 Å². The first-order valence-corrected chi connectivity index (χ1v) is 6.86. The number of benzene rings is 1. The summed E-state index contributed by atoms with van der Waals surface area (Å²) in [5.74, 6) is -1.97. The van der Waals surface area contributed by atoms with Crippen LogP contribution in [0.1, 0.15) is 18.4 Å². The quantitative estimate of drug-likeness (QED) is 0.789. The van der Waals surface area contributed by atoms with Crippen LogP contribution in [0, 0.1) is 0 Å². The van der Waals surface area contributed by atoms with Crippen molar-refractivity contribution in [3.05, 3.63) is 35.9 Å². The maximum atomic E-state index is 11.3. The molecule has 17 heavy (non-hydrogen) atoms. The fourth-order valence-corrected chi connectivity index (χ4v) is 1.97. The lowest BCUT2D eigenvalue weighted by Gasteiger charge is -2.13. The van der Waals surface area contributed by atoms with Crippen LogP contribution in [-0.4, -0.2) is 31.8 Å². The molecule has 0 saturated heterocycles. The first-order valence-electron chi connectivity index (χ1n) is 5.21. The summed E-state index contributed by atoms with van der Waals surface area (Å²) in [5, 5.41) is 9.06. The van der Waals surface area contributed by atoms with E-state index < -0.39 is 21.9 Å². The van der Waals surface area contributed by atoms with E-state index in [2.05, 4.69) is 4.72 Å². The molecule has 0 aliphatic heterocycles. The van der Waals surface area contributed by atoms with E-state index in [0.29, 0.717) is 5.56 Å². The molecule has 0 aliphatic carbocycles. The molecule has 0 fully saturated rings. The maximum absolute atomic E-state index is 11.3. The van der Waals surface area contributed by atoms with Crippen molar-refractivity contribution in [2.75, 3.05) is 12.3 Å². The summed E-state index contributed by atoms with van der Waals surface area (Å²) in [5.41, 5.74) is 0.582. The molecule has 94 valence electrons. The lowest BCUT2D eigenvalue weighted by Crippen LogP contribution is -2.32. The van der Waals surface area contributed by atoms with Crippen molar-refractivity contribution in [2.45, 2.75) is 12.8 Å². The Hall–Kier alpha value is -1.40. The standard InChI is InChI=1S/C11H15NO4S/c1-2-17(15,16)12-8-10(11(13)14)9-6-4-3-5-7-9/h3-7,10,12H,2,8H2,1H3,(H,13,14). The smallest absolute Gasteiger partial charge is 0.312 e. The van der Waals surface area contributed by atoms with Crippen molar-refractivity contribution in [1.82, 2.24) is 4.72 Å². The SMILES string of the molecule is CCS(=O)(=O)NCC(C(=O)O)c1ccccc1. The van der Waals surface area contributed by atoms with Gasteiger partial charge in [-0.2, -0.15) is 0 Å². The maximum Gasteiger partial charge on any atom is 0.312 e. The Balaban J connectivity index is 2.79. The van der Waals surface area contributed by atoms with E-state index in [1.165, 1.54) is 6.92 Å². The van der Waals surface area contributed by atoms with Gasteiger partial charge in [-0.05, 0) is 12.5 Å². The van der Waals surface area contributed by atoms with Gasteiger partial charge in [-0.1, -0.05) is 30.3 Å². The number of carboxylic acids is 1. The molecule has 0 aromatic heterocycles. The van der Waals surface area contributed by atoms with Crippen molar-refractivity contribution >= 4 is 16.0 Å². The van der Waals surface area contributed by atoms with Crippen molar-refractivity contribution in [3.8, 4) is 0 Å². The van der Waals surface area contributed by atoms with Gasteiger partial charge in [0.05, 0.1) is 11.7 Å². The molecular weight excluding hydrogens is 242 g/mol. The van der Waals surface area contributed by atoms with E-state index in [9.17, 15) is 13.2 Å². The van der Waals surface area contributed by atoms with Crippen LogP contribution >= 0.6 is 0 Å². The van der Waals surface area contributed by atoms with Gasteiger partial charge in [0.2, 0.25) is 10.0 Å². The van der Waals surface area contributed by atoms with E-state index in [0.717, 1.165) is 0 Å². The molecule has 0 saturated carbocycles. The number of hydrogen-bond donors (Lipinski definition) is 2. The Bertz CT molecular complexity index is 470. The molecule has 0 heterocycles. The molecule has 0 aliphatic rings. The van der Waals surface area contributed by atoms with Gasteiger partial charge in [-0.15, -0.1) is 0 Å². The molecule has 1 rings (SSSR count). The third-order valence-electron chi connectivity index (χ3n) is 2.39. The summed E-state index contributed by atoms with van der Waals surface area (Å²) in [4.78, 5) is 11.1. The van der Waals surface area contributed by atoms with E-state index in [1.807, 2.05) is 0 Å². The Morgan fingerprint density at radius 3 is 2.41 bits per heavy atom. The average molecular weight is 257 g/mol. The minimum Gasteiger partial charge on any atom is -0.481 e. The van der Waals surface area contributed by atoms with Gasteiger partial charge in [0.25, 0.3) is 0 Å². The zero-order valence-electron chi connectivity index (χ0n) is 9.46. The molecule has 0 radical (unpaired) electrons. The zero-order chi connectivity index (χ0) is 12.9. The van der Waals surface area contributed by atoms with Crippen molar-refractivity contribution in [1.29, 1.82) is 0 Å². The van der Waals surface area contributed by atoms with Gasteiger partial charge in [-0.3, -0.25) is 4.79 Å². The molecule has 0 amide bonds. The highest BCUT2D eigenvalue weighted by atomic mass is 32.2. The predicted octanol–water partition coefficient (Wildman–Crippen LogP) is 0.794. The van der Waals surface area contributed by atoms with Crippen molar-refractivity contribution < 1.29 is 18.3 Å². The van der Waals surface area contributed by atoms with Crippen LogP contribution in [0.15, 0.2) is 30.3 Å². The summed E-state index contributed by atoms with van der Waals surface area (Å²) in [7, 11) is -3.37. The number of hydrogen-bond acceptors (Lipinski definition) is 3. The number of aliphatic carboxylic acids is 1. The van der Waals surface area contributed by atoms with Crippen LogP contribution in [0.4, 0.5) is 0 Å². The van der Waals surface area contributed by atoms with Crippen molar-refractivity contribution in [2.24, 2.45) is 0 Å². The Kier molecular flexibility index (Phi) is 4.65. The van der Waals surface area contributed by atoms with E-state index in [4.69, 9.17) is 5.11 Å². The Morgan fingerprint density at radius 1 is 1.35 bits per heavy atom. The normalized spacial score (nSPS) is 13.2. The number of rotatable bonds is 6. The molecule has 1 atom stereocenters. The van der Waals surface area contributed by atoms with Gasteiger partial charge in [0.1, 0.15) is 0 Å². The summed E-state index contributed by atoms with van der Waals surface area (Å²) in [6.45, 7) is 1.37. The molecule has 0 spiro atoms. The fourth-order valence-electron chi connectivity index (χ4n) is 1.35. The highest BCUT2D eigenvalue weighted by Gasteiger charge is 2.21. The summed E-state index contributed by atoms with van der Waals surface area (Å²) in [6, 6.07) is 8.55. The first kappa shape index (κ1) is 13.7. The topological polar surface area (TPSA) is 83.5 Å². The van der Waals surface area contributed by atoms with Crippen LogP contribution < -0.4 is 4.72 Å². The van der Waals surface area contributed by atoms with E-state index >= 15 is 0 Å². The molecule has 1 aromatic carbocycles. The van der Waals surface area contributed by atoms with E-state index in [1.54, 1.807) is 30.3 Å². The monoisotopic (exact) mass is 257 g/mol. The van der Waals surface area contributed by atoms with Crippen LogP contribution in [0.2, 0.25) is 0 Å². The highest BCUT2D eigenvalue weighted by Crippen LogP contribution is 2.14.